The molecule has 0 saturated carbocycles. The minimum atomic E-state index is -0.576. The molecule has 1 heterocycles. The lowest BCUT2D eigenvalue weighted by Crippen LogP contribution is -2.31. The van der Waals surface area contributed by atoms with Crippen LogP contribution >= 0.6 is 11.8 Å². The van der Waals surface area contributed by atoms with Gasteiger partial charge in [-0.1, -0.05) is 36.4 Å². The fraction of sp³-hybridized carbons (Fsp3) is 0.0909. The molecule has 0 radical (unpaired) electrons. The van der Waals surface area contributed by atoms with Crippen molar-refractivity contribution in [2.75, 3.05) is 24.7 Å². The fourth-order valence-corrected chi connectivity index (χ4v) is 5.37. The van der Waals surface area contributed by atoms with E-state index in [4.69, 9.17) is 4.74 Å². The summed E-state index contributed by atoms with van der Waals surface area (Å²) in [7, 11) is 1.44. The van der Waals surface area contributed by atoms with E-state index in [0.29, 0.717) is 39.4 Å². The van der Waals surface area contributed by atoms with Gasteiger partial charge in [0.2, 0.25) is 0 Å². The molecule has 4 amide bonds. The molecule has 1 aliphatic heterocycles. The van der Waals surface area contributed by atoms with Crippen molar-refractivity contribution in [2.24, 2.45) is 0 Å². The predicted molar refractivity (Wildman–Crippen MR) is 164 cm³/mol. The van der Waals surface area contributed by atoms with Crippen LogP contribution in [0.1, 0.15) is 36.6 Å². The Kier molecular flexibility index (Phi) is 8.88. The number of methoxy groups -OCH3 is 1. The van der Waals surface area contributed by atoms with Gasteiger partial charge in [-0.15, -0.1) is 11.8 Å². The number of imide groups is 1. The highest BCUT2D eigenvalue weighted by atomic mass is 32.2. The van der Waals surface area contributed by atoms with Gasteiger partial charge in [0, 0.05) is 40.1 Å². The Bertz CT molecular complexity index is 1700. The maximum absolute atomic E-state index is 13.5. The first-order chi connectivity index (χ1) is 20.8. The van der Waals surface area contributed by atoms with Crippen molar-refractivity contribution in [3.05, 3.63) is 125 Å². The third kappa shape index (κ3) is 6.77. The van der Waals surface area contributed by atoms with Gasteiger partial charge in [0.1, 0.15) is 17.2 Å². The minimum Gasteiger partial charge on any atom is -0.508 e. The molecule has 43 heavy (non-hydrogen) atoms. The zero-order valence-electron chi connectivity index (χ0n) is 23.1. The summed E-state index contributed by atoms with van der Waals surface area (Å²) < 4.78 is 5.34. The number of ether oxygens (including phenoxy) is 1. The first kappa shape index (κ1) is 29.2. The third-order valence-corrected chi connectivity index (χ3v) is 7.57. The summed E-state index contributed by atoms with van der Waals surface area (Å²) in [5, 5.41) is 15.3. The van der Waals surface area contributed by atoms with Crippen molar-refractivity contribution >= 4 is 47.2 Å². The molecule has 0 aliphatic carbocycles. The van der Waals surface area contributed by atoms with Gasteiger partial charge in [0.15, 0.2) is 0 Å². The number of rotatable bonds is 10. The number of hydrogen-bond donors (Lipinski definition) is 3. The molecule has 5 rings (SSSR count). The molecule has 9 nitrogen and oxygen atoms in total. The SMILES string of the molecule is COc1cc(O)ccc1/C=C(\NC(=O)c1ccccc1)C(=O)Nc1cccc(SCCN2C(=O)c3ccccc3C2=O)c1. The summed E-state index contributed by atoms with van der Waals surface area (Å²) in [5.41, 5.74) is 2.10. The van der Waals surface area contributed by atoms with Crippen LogP contribution in [0.15, 0.2) is 108 Å². The minimum absolute atomic E-state index is 0.00867. The Hall–Kier alpha value is -5.35. The van der Waals surface area contributed by atoms with Crippen molar-refractivity contribution in [2.45, 2.75) is 4.90 Å². The quantitative estimate of drug-likeness (QED) is 0.131. The Balaban J connectivity index is 1.29. The molecular formula is C33H27N3O6S. The van der Waals surface area contributed by atoms with Gasteiger partial charge in [0.05, 0.1) is 18.2 Å². The van der Waals surface area contributed by atoms with E-state index in [1.807, 2.05) is 6.07 Å². The molecule has 10 heteroatoms. The van der Waals surface area contributed by atoms with Gasteiger partial charge < -0.3 is 20.5 Å². The van der Waals surface area contributed by atoms with Crippen LogP contribution in [-0.4, -0.2) is 53.0 Å². The van der Waals surface area contributed by atoms with Gasteiger partial charge in [-0.25, -0.2) is 0 Å². The molecule has 216 valence electrons. The van der Waals surface area contributed by atoms with E-state index in [1.165, 1.54) is 42.0 Å². The van der Waals surface area contributed by atoms with Crippen LogP contribution in [0.3, 0.4) is 0 Å². The number of anilines is 1. The Morgan fingerprint density at radius 1 is 0.884 bits per heavy atom. The molecule has 0 unspecified atom stereocenters. The summed E-state index contributed by atoms with van der Waals surface area (Å²) in [6.07, 6.45) is 1.47. The first-order valence-electron chi connectivity index (χ1n) is 13.3. The maximum Gasteiger partial charge on any atom is 0.272 e. The van der Waals surface area contributed by atoms with Crippen molar-refractivity contribution in [1.82, 2.24) is 10.2 Å². The highest BCUT2D eigenvalue weighted by Gasteiger charge is 2.34. The number of carbonyl (C=O) groups excluding carboxylic acids is 4. The largest absolute Gasteiger partial charge is 0.508 e. The Morgan fingerprint density at radius 2 is 1.58 bits per heavy atom. The first-order valence-corrected chi connectivity index (χ1v) is 14.3. The number of nitrogens with one attached hydrogen (secondary N) is 2. The number of thioether (sulfide) groups is 1. The van der Waals surface area contributed by atoms with E-state index in [0.717, 1.165) is 4.90 Å². The number of phenols is 1. The summed E-state index contributed by atoms with van der Waals surface area (Å²) in [6, 6.07) is 26.8. The summed E-state index contributed by atoms with van der Waals surface area (Å²) >= 11 is 1.43. The van der Waals surface area contributed by atoms with Gasteiger partial charge in [-0.2, -0.15) is 0 Å². The standard InChI is InChI=1S/C33H27N3O6S/c1-42-29-20-24(37)15-14-22(29)18-28(35-30(38)21-8-3-2-4-9-21)31(39)34-23-10-7-11-25(19-23)43-17-16-36-32(40)26-12-5-6-13-27(26)33(36)41/h2-15,18-20,37H,16-17H2,1H3,(H,34,39)(H,35,38)/b28-18-. The molecule has 0 atom stereocenters. The molecule has 0 aromatic heterocycles. The van der Waals surface area contributed by atoms with E-state index < -0.39 is 11.8 Å². The molecule has 4 aromatic carbocycles. The Morgan fingerprint density at radius 3 is 2.28 bits per heavy atom. The lowest BCUT2D eigenvalue weighted by atomic mass is 10.1. The zero-order valence-corrected chi connectivity index (χ0v) is 23.9. The number of phenolic OH excluding ortho intramolecular Hbond substituents is 1. The molecular weight excluding hydrogens is 566 g/mol. The van der Waals surface area contributed by atoms with Crippen LogP contribution < -0.4 is 15.4 Å². The summed E-state index contributed by atoms with van der Waals surface area (Å²) in [6.45, 7) is 0.237. The van der Waals surface area contributed by atoms with Crippen LogP contribution in [-0.2, 0) is 4.79 Å². The topological polar surface area (TPSA) is 125 Å². The van der Waals surface area contributed by atoms with Crippen molar-refractivity contribution in [1.29, 1.82) is 0 Å². The average molecular weight is 594 g/mol. The van der Waals surface area contributed by atoms with Crippen LogP contribution in [0, 0.1) is 0 Å². The summed E-state index contributed by atoms with van der Waals surface area (Å²) in [5.74, 6) is -0.887. The van der Waals surface area contributed by atoms with Gasteiger partial charge in [-0.3, -0.25) is 24.1 Å². The van der Waals surface area contributed by atoms with Crippen molar-refractivity contribution < 1.29 is 29.0 Å². The zero-order chi connectivity index (χ0) is 30.3. The number of amides is 4. The van der Waals surface area contributed by atoms with Crippen LogP contribution in [0.5, 0.6) is 11.5 Å². The normalized spacial score (nSPS) is 12.6. The lowest BCUT2D eigenvalue weighted by molar-refractivity contribution is -0.113. The number of aromatic hydroxyl groups is 1. The van der Waals surface area contributed by atoms with Crippen molar-refractivity contribution in [3.8, 4) is 11.5 Å². The molecule has 3 N–H and O–H groups in total. The second kappa shape index (κ2) is 13.1. The molecule has 1 aliphatic rings. The summed E-state index contributed by atoms with van der Waals surface area (Å²) in [4.78, 5) is 53.7. The molecule has 0 fully saturated rings. The fourth-order valence-electron chi connectivity index (χ4n) is 4.48. The second-order valence-electron chi connectivity index (χ2n) is 9.44. The molecule has 0 bridgehead atoms. The van der Waals surface area contributed by atoms with Crippen LogP contribution in [0.4, 0.5) is 5.69 Å². The average Bonchev–Trinajstić information content (AvgIpc) is 3.27. The molecule has 0 saturated heterocycles. The van der Waals surface area contributed by atoms with Gasteiger partial charge in [-0.05, 0) is 60.7 Å². The van der Waals surface area contributed by atoms with E-state index in [-0.39, 0.29) is 29.8 Å². The smallest absolute Gasteiger partial charge is 0.272 e. The van der Waals surface area contributed by atoms with Crippen LogP contribution in [0.25, 0.3) is 6.08 Å². The number of nitrogens with zero attached hydrogens (tertiary/aromatic N) is 1. The molecule has 0 spiro atoms. The highest BCUT2D eigenvalue weighted by Crippen LogP contribution is 2.27. The van der Waals surface area contributed by atoms with E-state index in [9.17, 15) is 24.3 Å². The molecule has 4 aromatic rings. The lowest BCUT2D eigenvalue weighted by Gasteiger charge is -2.14. The number of fused-ring (bicyclic) bond motifs is 1. The van der Waals surface area contributed by atoms with Crippen LogP contribution in [0.2, 0.25) is 0 Å². The van der Waals surface area contributed by atoms with Gasteiger partial charge in [0.25, 0.3) is 23.6 Å². The monoisotopic (exact) mass is 593 g/mol. The highest BCUT2D eigenvalue weighted by molar-refractivity contribution is 7.99. The van der Waals surface area contributed by atoms with Crippen molar-refractivity contribution in [3.63, 3.8) is 0 Å². The number of carbonyl (C=O) groups is 4. The van der Waals surface area contributed by atoms with Gasteiger partial charge >= 0.3 is 0 Å². The second-order valence-corrected chi connectivity index (χ2v) is 10.6. The third-order valence-electron chi connectivity index (χ3n) is 6.60. The number of hydrogen-bond acceptors (Lipinski definition) is 7. The van der Waals surface area contributed by atoms with E-state index in [2.05, 4.69) is 10.6 Å². The maximum atomic E-state index is 13.5. The number of benzene rings is 4. The predicted octanol–water partition coefficient (Wildman–Crippen LogP) is 5.20. The van der Waals surface area contributed by atoms with E-state index in [1.54, 1.807) is 78.9 Å². The van der Waals surface area contributed by atoms with E-state index >= 15 is 0 Å². The Labute approximate surface area is 252 Å².